The van der Waals surface area contributed by atoms with Crippen LogP contribution in [-0.2, 0) is 4.79 Å². The van der Waals surface area contributed by atoms with Gasteiger partial charge in [0.1, 0.15) is 5.75 Å². The van der Waals surface area contributed by atoms with Crippen LogP contribution in [0.15, 0.2) is 53.6 Å². The Morgan fingerprint density at radius 1 is 1.10 bits per heavy atom. The Kier molecular flexibility index (Phi) is 6.70. The van der Waals surface area contributed by atoms with Crippen LogP contribution in [0.4, 0.5) is 0 Å². The molecular formula is C24H28ClN3O2. The summed E-state index contributed by atoms with van der Waals surface area (Å²) in [5.41, 5.74) is 2.80. The predicted octanol–water partition coefficient (Wildman–Crippen LogP) is 4.90. The van der Waals surface area contributed by atoms with E-state index in [0.29, 0.717) is 24.6 Å². The molecule has 2 heterocycles. The zero-order valence-electron chi connectivity index (χ0n) is 17.4. The molecule has 1 saturated heterocycles. The third-order valence-electron chi connectivity index (χ3n) is 5.73. The second-order valence-electron chi connectivity index (χ2n) is 7.82. The number of carbonyl (C=O) groups excluding carboxylic acids is 1. The maximum atomic E-state index is 13.2. The minimum atomic E-state index is -0.135. The van der Waals surface area contributed by atoms with E-state index in [0.717, 1.165) is 48.5 Å². The number of piperidine rings is 1. The molecule has 5 nitrogen and oxygen atoms in total. The SMILES string of the molecule is CCOc1ccc(C2CC(c3ccccc3Cl)=NN2C(=O)CN2CCCCC2)cc1. The normalized spacial score (nSPS) is 19.6. The molecule has 2 aromatic carbocycles. The van der Waals surface area contributed by atoms with E-state index in [4.69, 9.17) is 21.4 Å². The number of likely N-dealkylation sites (tertiary alicyclic amines) is 1. The van der Waals surface area contributed by atoms with Crippen molar-refractivity contribution < 1.29 is 9.53 Å². The van der Waals surface area contributed by atoms with Gasteiger partial charge in [-0.2, -0.15) is 5.10 Å². The van der Waals surface area contributed by atoms with E-state index in [1.54, 1.807) is 5.01 Å². The number of hydrogen-bond donors (Lipinski definition) is 0. The first kappa shape index (κ1) is 20.9. The van der Waals surface area contributed by atoms with Gasteiger partial charge in [-0.1, -0.05) is 48.4 Å². The van der Waals surface area contributed by atoms with Crippen molar-refractivity contribution >= 4 is 23.2 Å². The Morgan fingerprint density at radius 3 is 2.53 bits per heavy atom. The van der Waals surface area contributed by atoms with Crippen LogP contribution in [0, 0.1) is 0 Å². The van der Waals surface area contributed by atoms with Gasteiger partial charge in [0.25, 0.3) is 5.91 Å². The summed E-state index contributed by atoms with van der Waals surface area (Å²) in [6, 6.07) is 15.5. The summed E-state index contributed by atoms with van der Waals surface area (Å²) >= 11 is 6.43. The molecule has 1 atom stereocenters. The maximum absolute atomic E-state index is 13.2. The molecule has 30 heavy (non-hydrogen) atoms. The maximum Gasteiger partial charge on any atom is 0.257 e. The van der Waals surface area contributed by atoms with E-state index >= 15 is 0 Å². The van der Waals surface area contributed by atoms with E-state index in [2.05, 4.69) is 4.90 Å². The number of hydrogen-bond acceptors (Lipinski definition) is 4. The number of ether oxygens (including phenoxy) is 1. The van der Waals surface area contributed by atoms with Crippen molar-refractivity contribution in [2.75, 3.05) is 26.2 Å². The zero-order chi connectivity index (χ0) is 20.9. The number of halogens is 1. The van der Waals surface area contributed by atoms with Gasteiger partial charge < -0.3 is 4.74 Å². The molecule has 158 valence electrons. The lowest BCUT2D eigenvalue weighted by Crippen LogP contribution is -2.40. The standard InChI is InChI=1S/C24H28ClN3O2/c1-2-30-19-12-10-18(11-13-19)23-16-22(20-8-4-5-9-21(20)25)26-28(23)24(29)17-27-14-6-3-7-15-27/h4-5,8-13,23H,2-3,6-7,14-17H2,1H3. The van der Waals surface area contributed by atoms with Crippen molar-refractivity contribution in [1.82, 2.24) is 9.91 Å². The lowest BCUT2D eigenvalue weighted by atomic mass is 9.98. The first-order valence-electron chi connectivity index (χ1n) is 10.7. The van der Waals surface area contributed by atoms with Crippen LogP contribution in [0.1, 0.15) is 49.8 Å². The summed E-state index contributed by atoms with van der Waals surface area (Å²) in [5, 5.41) is 7.09. The highest BCUT2D eigenvalue weighted by Gasteiger charge is 2.34. The lowest BCUT2D eigenvalue weighted by Gasteiger charge is -2.29. The lowest BCUT2D eigenvalue weighted by molar-refractivity contribution is -0.134. The molecule has 0 aliphatic carbocycles. The first-order chi connectivity index (χ1) is 14.7. The van der Waals surface area contributed by atoms with Gasteiger partial charge in [-0.15, -0.1) is 0 Å². The zero-order valence-corrected chi connectivity index (χ0v) is 18.1. The van der Waals surface area contributed by atoms with Gasteiger partial charge in [-0.25, -0.2) is 5.01 Å². The van der Waals surface area contributed by atoms with Gasteiger partial charge in [0, 0.05) is 17.0 Å². The van der Waals surface area contributed by atoms with Crippen LogP contribution in [0.25, 0.3) is 0 Å². The number of rotatable bonds is 6. The number of benzene rings is 2. The van der Waals surface area contributed by atoms with Gasteiger partial charge in [0.2, 0.25) is 0 Å². The number of amides is 1. The average molecular weight is 426 g/mol. The van der Waals surface area contributed by atoms with Gasteiger partial charge in [-0.05, 0) is 56.6 Å². The van der Waals surface area contributed by atoms with Crippen molar-refractivity contribution in [2.24, 2.45) is 5.10 Å². The summed E-state index contributed by atoms with van der Waals surface area (Å²) in [7, 11) is 0. The molecule has 2 aliphatic heterocycles. The third kappa shape index (κ3) is 4.68. The van der Waals surface area contributed by atoms with E-state index in [-0.39, 0.29) is 11.9 Å². The highest BCUT2D eigenvalue weighted by Crippen LogP contribution is 2.35. The summed E-state index contributed by atoms with van der Waals surface area (Å²) in [6.07, 6.45) is 4.20. The molecule has 1 amide bonds. The highest BCUT2D eigenvalue weighted by atomic mass is 35.5. The molecule has 2 aliphatic rings. The van der Waals surface area contributed by atoms with Crippen molar-refractivity contribution in [1.29, 1.82) is 0 Å². The van der Waals surface area contributed by atoms with E-state index < -0.39 is 0 Å². The summed E-state index contributed by atoms with van der Waals surface area (Å²) in [4.78, 5) is 15.5. The quantitative estimate of drug-likeness (QED) is 0.661. The summed E-state index contributed by atoms with van der Waals surface area (Å²) in [5.74, 6) is 0.871. The monoisotopic (exact) mass is 425 g/mol. The van der Waals surface area contributed by atoms with E-state index in [1.165, 1.54) is 6.42 Å². The van der Waals surface area contributed by atoms with Crippen LogP contribution < -0.4 is 4.74 Å². The minimum absolute atomic E-state index is 0.0397. The van der Waals surface area contributed by atoms with Gasteiger partial charge in [0.15, 0.2) is 0 Å². The minimum Gasteiger partial charge on any atom is -0.494 e. The molecule has 0 saturated carbocycles. The molecular weight excluding hydrogens is 398 g/mol. The molecule has 4 rings (SSSR count). The van der Waals surface area contributed by atoms with Crippen LogP contribution in [0.2, 0.25) is 5.02 Å². The van der Waals surface area contributed by atoms with Gasteiger partial charge >= 0.3 is 0 Å². The first-order valence-corrected chi connectivity index (χ1v) is 11.1. The van der Waals surface area contributed by atoms with Crippen LogP contribution in [-0.4, -0.2) is 47.8 Å². The van der Waals surface area contributed by atoms with E-state index in [9.17, 15) is 4.79 Å². The Morgan fingerprint density at radius 2 is 1.83 bits per heavy atom. The Labute approximate surface area is 183 Å². The molecule has 6 heteroatoms. The third-order valence-corrected chi connectivity index (χ3v) is 6.06. The second-order valence-corrected chi connectivity index (χ2v) is 8.23. The predicted molar refractivity (Wildman–Crippen MR) is 120 cm³/mol. The van der Waals surface area contributed by atoms with Crippen LogP contribution >= 0.6 is 11.6 Å². The number of carbonyl (C=O) groups is 1. The molecule has 2 aromatic rings. The summed E-state index contributed by atoms with van der Waals surface area (Å²) in [6.45, 7) is 4.97. The molecule has 0 N–H and O–H groups in total. The Bertz CT molecular complexity index is 907. The van der Waals surface area contributed by atoms with E-state index in [1.807, 2.05) is 55.5 Å². The fraction of sp³-hybridized carbons (Fsp3) is 0.417. The fourth-order valence-corrected chi connectivity index (χ4v) is 4.44. The summed E-state index contributed by atoms with van der Waals surface area (Å²) < 4.78 is 5.57. The molecule has 0 radical (unpaired) electrons. The van der Waals surface area contributed by atoms with Crippen molar-refractivity contribution in [2.45, 2.75) is 38.6 Å². The molecule has 1 unspecified atom stereocenters. The van der Waals surface area contributed by atoms with Crippen molar-refractivity contribution in [3.8, 4) is 5.75 Å². The topological polar surface area (TPSA) is 45.1 Å². The molecule has 0 bridgehead atoms. The largest absolute Gasteiger partial charge is 0.494 e. The molecule has 0 aromatic heterocycles. The second kappa shape index (κ2) is 9.63. The van der Waals surface area contributed by atoms with Gasteiger partial charge in [-0.3, -0.25) is 9.69 Å². The molecule has 1 fully saturated rings. The number of nitrogens with zero attached hydrogens (tertiary/aromatic N) is 3. The Hall–Kier alpha value is -2.37. The fourth-order valence-electron chi connectivity index (χ4n) is 4.19. The van der Waals surface area contributed by atoms with Crippen LogP contribution in [0.3, 0.4) is 0 Å². The average Bonchev–Trinajstić information content (AvgIpc) is 3.21. The van der Waals surface area contributed by atoms with Crippen molar-refractivity contribution in [3.05, 3.63) is 64.7 Å². The smallest absolute Gasteiger partial charge is 0.257 e. The Balaban J connectivity index is 1.60. The number of hydrazone groups is 1. The molecule has 0 spiro atoms. The van der Waals surface area contributed by atoms with Crippen molar-refractivity contribution in [3.63, 3.8) is 0 Å². The highest BCUT2D eigenvalue weighted by molar-refractivity contribution is 6.34. The van der Waals surface area contributed by atoms with Crippen LogP contribution in [0.5, 0.6) is 5.75 Å². The van der Waals surface area contributed by atoms with Gasteiger partial charge in [0.05, 0.1) is 24.9 Å².